The summed E-state index contributed by atoms with van der Waals surface area (Å²) in [5, 5.41) is 11.7. The molecule has 1 heterocycles. The summed E-state index contributed by atoms with van der Waals surface area (Å²) < 4.78 is 40.6. The SMILES string of the molecule is O=C(O)[C@@]1(C(F)(F)F)CNC[C@H]1Cc1ccc(Br)cc1. The molecule has 0 bridgehead atoms. The zero-order chi connectivity index (χ0) is 15.0. The van der Waals surface area contributed by atoms with E-state index in [1.54, 1.807) is 24.3 Å². The monoisotopic (exact) mass is 351 g/mol. The number of aliphatic carboxylic acids is 1. The largest absolute Gasteiger partial charge is 0.481 e. The lowest BCUT2D eigenvalue weighted by atomic mass is 9.74. The number of carboxylic acid groups (broad SMARTS) is 1. The summed E-state index contributed by atoms with van der Waals surface area (Å²) in [6, 6.07) is 6.86. The van der Waals surface area contributed by atoms with E-state index >= 15 is 0 Å². The van der Waals surface area contributed by atoms with Crippen molar-refractivity contribution in [2.75, 3.05) is 13.1 Å². The van der Waals surface area contributed by atoms with Crippen LogP contribution in [0.5, 0.6) is 0 Å². The molecule has 0 radical (unpaired) electrons. The maximum Gasteiger partial charge on any atom is 0.406 e. The van der Waals surface area contributed by atoms with Crippen LogP contribution >= 0.6 is 15.9 Å². The summed E-state index contributed by atoms with van der Waals surface area (Å²) in [6.45, 7) is -0.533. The van der Waals surface area contributed by atoms with Gasteiger partial charge in [0.25, 0.3) is 0 Å². The Morgan fingerprint density at radius 1 is 1.40 bits per heavy atom. The standard InChI is InChI=1S/C13H13BrF3NO2/c14-10-3-1-8(2-4-10)5-9-6-18-7-12(9,11(19)20)13(15,16)17/h1-4,9,18H,5-7H2,(H,19,20)/t9-,12-/m1/s1. The Hall–Kier alpha value is -1.08. The van der Waals surface area contributed by atoms with Crippen molar-refractivity contribution in [3.8, 4) is 0 Å². The minimum atomic E-state index is -4.78. The minimum absolute atomic E-state index is 0.0435. The molecule has 0 aromatic heterocycles. The molecule has 0 aliphatic carbocycles. The molecule has 1 aromatic carbocycles. The van der Waals surface area contributed by atoms with Crippen molar-refractivity contribution in [2.24, 2.45) is 11.3 Å². The molecule has 0 amide bonds. The Labute approximate surface area is 122 Å². The predicted octanol–water partition coefficient (Wildman–Crippen LogP) is 2.84. The lowest BCUT2D eigenvalue weighted by molar-refractivity contribution is -0.236. The molecular formula is C13H13BrF3NO2. The molecule has 1 aromatic rings. The summed E-state index contributed by atoms with van der Waals surface area (Å²) >= 11 is 3.25. The van der Waals surface area contributed by atoms with Crippen molar-refractivity contribution in [1.29, 1.82) is 0 Å². The quantitative estimate of drug-likeness (QED) is 0.880. The number of halogens is 4. The van der Waals surface area contributed by atoms with E-state index in [4.69, 9.17) is 5.11 Å². The average molecular weight is 352 g/mol. The zero-order valence-electron chi connectivity index (χ0n) is 10.4. The number of hydrogen-bond donors (Lipinski definition) is 2. The van der Waals surface area contributed by atoms with Gasteiger partial charge in [0, 0.05) is 16.9 Å². The van der Waals surface area contributed by atoms with Gasteiger partial charge < -0.3 is 10.4 Å². The second kappa shape index (κ2) is 5.37. The van der Waals surface area contributed by atoms with E-state index in [0.29, 0.717) is 5.56 Å². The molecule has 2 rings (SSSR count). The van der Waals surface area contributed by atoms with Crippen LogP contribution in [0.25, 0.3) is 0 Å². The summed E-state index contributed by atoms with van der Waals surface area (Å²) in [4.78, 5) is 11.3. The molecule has 20 heavy (non-hydrogen) atoms. The molecule has 3 nitrogen and oxygen atoms in total. The van der Waals surface area contributed by atoms with Gasteiger partial charge in [-0.1, -0.05) is 28.1 Å². The number of rotatable bonds is 3. The van der Waals surface area contributed by atoms with Gasteiger partial charge in [0.2, 0.25) is 0 Å². The molecule has 0 saturated carbocycles. The van der Waals surface area contributed by atoms with Gasteiger partial charge in [0.05, 0.1) is 0 Å². The second-order valence-electron chi connectivity index (χ2n) is 4.93. The van der Waals surface area contributed by atoms with Crippen LogP contribution in [0.15, 0.2) is 28.7 Å². The van der Waals surface area contributed by atoms with Gasteiger partial charge in [0.1, 0.15) is 0 Å². The van der Waals surface area contributed by atoms with Gasteiger partial charge in [-0.15, -0.1) is 0 Å². The lowest BCUT2D eigenvalue weighted by Crippen LogP contribution is -2.51. The molecule has 0 unspecified atom stereocenters. The normalized spacial score (nSPS) is 26.7. The first-order valence-corrected chi connectivity index (χ1v) is 6.82. The average Bonchev–Trinajstić information content (AvgIpc) is 2.76. The Balaban J connectivity index is 2.30. The number of benzene rings is 1. The van der Waals surface area contributed by atoms with Crippen LogP contribution in [0.1, 0.15) is 5.56 Å². The minimum Gasteiger partial charge on any atom is -0.481 e. The van der Waals surface area contributed by atoms with E-state index < -0.39 is 30.0 Å². The first kappa shape index (κ1) is 15.3. The van der Waals surface area contributed by atoms with Crippen molar-refractivity contribution in [1.82, 2.24) is 5.32 Å². The Bertz CT molecular complexity index is 503. The predicted molar refractivity (Wildman–Crippen MR) is 70.3 cm³/mol. The van der Waals surface area contributed by atoms with E-state index in [2.05, 4.69) is 21.2 Å². The third-order valence-corrected chi connectivity index (χ3v) is 4.30. The van der Waals surface area contributed by atoms with Gasteiger partial charge in [-0.25, -0.2) is 0 Å². The van der Waals surface area contributed by atoms with Gasteiger partial charge in [-0.3, -0.25) is 4.79 Å². The van der Waals surface area contributed by atoms with E-state index in [-0.39, 0.29) is 13.0 Å². The first-order valence-electron chi connectivity index (χ1n) is 6.02. The maximum absolute atomic E-state index is 13.3. The maximum atomic E-state index is 13.3. The third kappa shape index (κ3) is 2.56. The molecule has 1 saturated heterocycles. The number of carbonyl (C=O) groups is 1. The van der Waals surface area contributed by atoms with Crippen molar-refractivity contribution >= 4 is 21.9 Å². The summed E-state index contributed by atoms with van der Waals surface area (Å²) in [5.74, 6) is -2.82. The van der Waals surface area contributed by atoms with Gasteiger partial charge >= 0.3 is 12.1 Å². The van der Waals surface area contributed by atoms with Gasteiger partial charge in [-0.05, 0) is 30.7 Å². The first-order chi connectivity index (χ1) is 9.27. The number of hydrogen-bond acceptors (Lipinski definition) is 2. The molecule has 0 spiro atoms. The Morgan fingerprint density at radius 2 is 2.00 bits per heavy atom. The van der Waals surface area contributed by atoms with Crippen LogP contribution in [0.3, 0.4) is 0 Å². The van der Waals surface area contributed by atoms with Crippen LogP contribution in [0.2, 0.25) is 0 Å². The van der Waals surface area contributed by atoms with Gasteiger partial charge in [-0.2, -0.15) is 13.2 Å². The van der Waals surface area contributed by atoms with E-state index in [1.807, 2.05) is 0 Å². The highest BCUT2D eigenvalue weighted by atomic mass is 79.9. The van der Waals surface area contributed by atoms with Crippen molar-refractivity contribution < 1.29 is 23.1 Å². The van der Waals surface area contributed by atoms with Crippen molar-refractivity contribution in [3.05, 3.63) is 34.3 Å². The van der Waals surface area contributed by atoms with Crippen molar-refractivity contribution in [2.45, 2.75) is 12.6 Å². The summed E-state index contributed by atoms with van der Waals surface area (Å²) in [5.41, 5.74) is -2.02. The molecule has 1 aliphatic heterocycles. The van der Waals surface area contributed by atoms with Crippen LogP contribution < -0.4 is 5.32 Å². The topological polar surface area (TPSA) is 49.3 Å². The van der Waals surface area contributed by atoms with Crippen molar-refractivity contribution in [3.63, 3.8) is 0 Å². The van der Waals surface area contributed by atoms with Gasteiger partial charge in [0.15, 0.2) is 5.41 Å². The molecule has 110 valence electrons. The lowest BCUT2D eigenvalue weighted by Gasteiger charge is -2.32. The highest BCUT2D eigenvalue weighted by Gasteiger charge is 2.66. The molecule has 1 aliphatic rings. The number of alkyl halides is 3. The highest BCUT2D eigenvalue weighted by Crippen LogP contribution is 2.47. The summed E-state index contributed by atoms with van der Waals surface area (Å²) in [6.07, 6.45) is -4.70. The van der Waals surface area contributed by atoms with E-state index in [9.17, 15) is 18.0 Å². The molecule has 2 atom stereocenters. The summed E-state index contributed by atoms with van der Waals surface area (Å²) in [7, 11) is 0. The smallest absolute Gasteiger partial charge is 0.406 e. The third-order valence-electron chi connectivity index (χ3n) is 3.77. The second-order valence-corrected chi connectivity index (χ2v) is 5.85. The highest BCUT2D eigenvalue weighted by molar-refractivity contribution is 9.10. The Kier molecular flexibility index (Phi) is 4.11. The number of carboxylic acids is 1. The number of nitrogens with one attached hydrogen (secondary N) is 1. The fraction of sp³-hybridized carbons (Fsp3) is 0.462. The molecular weight excluding hydrogens is 339 g/mol. The van der Waals surface area contributed by atoms with Crippen LogP contribution in [0.4, 0.5) is 13.2 Å². The van der Waals surface area contributed by atoms with E-state index in [1.165, 1.54) is 0 Å². The fourth-order valence-corrected chi connectivity index (χ4v) is 2.88. The zero-order valence-corrected chi connectivity index (χ0v) is 12.0. The van der Waals surface area contributed by atoms with Crippen LogP contribution in [0, 0.1) is 11.3 Å². The molecule has 1 fully saturated rings. The fourth-order valence-electron chi connectivity index (χ4n) is 2.62. The van der Waals surface area contributed by atoms with Crippen LogP contribution in [-0.4, -0.2) is 30.3 Å². The van der Waals surface area contributed by atoms with E-state index in [0.717, 1.165) is 4.47 Å². The van der Waals surface area contributed by atoms with Crippen LogP contribution in [-0.2, 0) is 11.2 Å². The molecule has 2 N–H and O–H groups in total. The molecule has 7 heteroatoms. The Morgan fingerprint density at radius 3 is 2.50 bits per heavy atom.